The van der Waals surface area contributed by atoms with Crippen molar-refractivity contribution < 1.29 is 14.3 Å². The predicted molar refractivity (Wildman–Crippen MR) is 111 cm³/mol. The van der Waals surface area contributed by atoms with Gasteiger partial charge in [0.05, 0.1) is 7.11 Å². The van der Waals surface area contributed by atoms with Gasteiger partial charge in [-0.15, -0.1) is 0 Å². The molecule has 1 aliphatic heterocycles. The van der Waals surface area contributed by atoms with Crippen LogP contribution in [0.15, 0.2) is 27.9 Å². The van der Waals surface area contributed by atoms with Gasteiger partial charge in [0.1, 0.15) is 10.8 Å². The Morgan fingerprint density at radius 3 is 2.63 bits per heavy atom. The number of hydrogen-bond donors (Lipinski definition) is 1. The normalized spacial score (nSPS) is 18.8. The quantitative estimate of drug-likeness (QED) is 0.367. The second-order valence-electron chi connectivity index (χ2n) is 7.78. The Kier molecular flexibility index (Phi) is 9.03. The predicted octanol–water partition coefficient (Wildman–Crippen LogP) is 5.13. The van der Waals surface area contributed by atoms with Crippen LogP contribution in [0.1, 0.15) is 53.4 Å². The summed E-state index contributed by atoms with van der Waals surface area (Å²) < 4.78 is 10.8. The lowest BCUT2D eigenvalue weighted by Crippen LogP contribution is -2.35. The summed E-state index contributed by atoms with van der Waals surface area (Å²) in [6.45, 7) is 12.5. The summed E-state index contributed by atoms with van der Waals surface area (Å²) in [6, 6.07) is 0. The van der Waals surface area contributed by atoms with Gasteiger partial charge in [-0.05, 0) is 64.9 Å². The summed E-state index contributed by atoms with van der Waals surface area (Å²) >= 11 is 5.78. The number of nitrogens with one attached hydrogen (secondary N) is 1. The molecule has 0 aliphatic carbocycles. The number of methoxy groups -OCH3 is 1. The zero-order valence-corrected chi connectivity index (χ0v) is 17.9. The van der Waals surface area contributed by atoms with E-state index in [-0.39, 0.29) is 11.2 Å². The average Bonchev–Trinajstić information content (AvgIpc) is 3.03. The van der Waals surface area contributed by atoms with E-state index in [2.05, 4.69) is 11.6 Å². The van der Waals surface area contributed by atoms with E-state index in [9.17, 15) is 4.79 Å². The van der Waals surface area contributed by atoms with E-state index < -0.39 is 5.60 Å². The molecule has 6 nitrogen and oxygen atoms in total. The molecule has 1 atom stereocenters. The smallest absolute Gasteiger partial charge is 0.410 e. The highest BCUT2D eigenvalue weighted by Crippen LogP contribution is 2.25. The highest BCUT2D eigenvalue weighted by atomic mass is 35.5. The van der Waals surface area contributed by atoms with E-state index in [4.69, 9.17) is 26.5 Å². The Balaban J connectivity index is 2.61. The maximum atomic E-state index is 12.2. The van der Waals surface area contributed by atoms with Crippen molar-refractivity contribution in [2.45, 2.75) is 59.0 Å². The van der Waals surface area contributed by atoms with Crippen LogP contribution in [0, 0.1) is 11.3 Å². The lowest BCUT2D eigenvalue weighted by atomic mass is 9.97. The van der Waals surface area contributed by atoms with Crippen molar-refractivity contribution in [3.8, 4) is 0 Å². The summed E-state index contributed by atoms with van der Waals surface area (Å²) in [4.78, 5) is 18.1. The van der Waals surface area contributed by atoms with Gasteiger partial charge in [0.15, 0.2) is 0 Å². The summed E-state index contributed by atoms with van der Waals surface area (Å²) in [5.74, 6) is 0.850. The summed E-state index contributed by atoms with van der Waals surface area (Å²) in [6.07, 6.45) is 4.64. The van der Waals surface area contributed by atoms with Crippen LogP contribution in [0.4, 0.5) is 4.79 Å². The number of rotatable bonds is 7. The van der Waals surface area contributed by atoms with Crippen molar-refractivity contribution in [3.05, 3.63) is 22.9 Å². The van der Waals surface area contributed by atoms with Gasteiger partial charge in [-0.1, -0.05) is 18.2 Å². The molecule has 27 heavy (non-hydrogen) atoms. The van der Waals surface area contributed by atoms with Crippen molar-refractivity contribution in [1.29, 1.82) is 5.41 Å². The number of amides is 1. The first-order valence-electron chi connectivity index (χ1n) is 9.23. The second kappa shape index (κ2) is 10.5. The topological polar surface area (TPSA) is 75.0 Å². The third kappa shape index (κ3) is 8.16. The van der Waals surface area contributed by atoms with E-state index in [0.29, 0.717) is 11.8 Å². The zero-order chi connectivity index (χ0) is 20.6. The van der Waals surface area contributed by atoms with Crippen LogP contribution in [-0.4, -0.2) is 48.9 Å². The molecule has 1 amide bonds. The number of hydrogen-bond acceptors (Lipinski definition) is 5. The molecular formula is C20H32ClN3O3. The minimum Gasteiger partial charge on any atom is -0.481 e. The van der Waals surface area contributed by atoms with Gasteiger partial charge >= 0.3 is 6.09 Å². The van der Waals surface area contributed by atoms with Crippen LogP contribution in [0.25, 0.3) is 0 Å². The molecular weight excluding hydrogens is 366 g/mol. The van der Waals surface area contributed by atoms with E-state index in [1.807, 2.05) is 27.7 Å². The Hall–Kier alpha value is -1.82. The number of carbonyl (C=O) groups is 1. The van der Waals surface area contributed by atoms with Crippen LogP contribution in [0.5, 0.6) is 0 Å². The molecule has 1 heterocycles. The Morgan fingerprint density at radius 2 is 2.11 bits per heavy atom. The fourth-order valence-corrected chi connectivity index (χ4v) is 3.11. The highest BCUT2D eigenvalue weighted by Gasteiger charge is 2.29. The van der Waals surface area contributed by atoms with Gasteiger partial charge in [0.25, 0.3) is 0 Å². The minimum absolute atomic E-state index is 0.144. The summed E-state index contributed by atoms with van der Waals surface area (Å²) in [7, 11) is 1.53. The molecule has 0 saturated carbocycles. The average molecular weight is 398 g/mol. The van der Waals surface area contributed by atoms with Crippen LogP contribution >= 0.6 is 11.6 Å². The molecule has 0 aromatic rings. The van der Waals surface area contributed by atoms with Crippen molar-refractivity contribution in [1.82, 2.24) is 4.90 Å². The minimum atomic E-state index is -0.471. The number of nitrogens with zero attached hydrogens (tertiary/aromatic N) is 2. The standard InChI is InChI=1S/C20H32ClN3O3/c1-14(12-22)17(18(26-6)23-15(2)21)9-7-8-16-10-11-24(13-16)19(25)27-20(3,4)5/h12,16,22H,2,7-11,13H2,1,3-6H3/b17-14+,22-12?,23-18+. The summed E-state index contributed by atoms with van der Waals surface area (Å²) in [5, 5.41) is 7.68. The molecule has 1 fully saturated rings. The van der Waals surface area contributed by atoms with Crippen LogP contribution < -0.4 is 0 Å². The van der Waals surface area contributed by atoms with Gasteiger partial charge in [-0.25, -0.2) is 9.79 Å². The van der Waals surface area contributed by atoms with E-state index >= 15 is 0 Å². The van der Waals surface area contributed by atoms with Crippen molar-refractivity contribution >= 4 is 29.8 Å². The van der Waals surface area contributed by atoms with Crippen LogP contribution in [-0.2, 0) is 9.47 Å². The molecule has 7 heteroatoms. The Bertz CT molecular complexity index is 620. The molecule has 1 aliphatic rings. The number of aliphatic imine (C=N–C) groups is 1. The SMILES string of the molecule is C=C(Cl)/N=C(OC)\C(CCCC1CCN(C(=O)OC(C)(C)C)C1)=C(/C)C=N. The Labute approximate surface area is 167 Å². The highest BCUT2D eigenvalue weighted by molar-refractivity contribution is 6.29. The Morgan fingerprint density at radius 1 is 1.44 bits per heavy atom. The first kappa shape index (κ1) is 23.2. The fraction of sp³-hybridized carbons (Fsp3) is 0.650. The number of allylic oxidation sites excluding steroid dienone is 1. The van der Waals surface area contributed by atoms with Crippen LogP contribution in [0.2, 0.25) is 0 Å². The van der Waals surface area contributed by atoms with Gasteiger partial charge in [-0.3, -0.25) is 0 Å². The largest absolute Gasteiger partial charge is 0.481 e. The molecule has 0 aromatic heterocycles. The van der Waals surface area contributed by atoms with Gasteiger partial charge in [-0.2, -0.15) is 0 Å². The number of halogens is 1. The molecule has 0 spiro atoms. The second-order valence-corrected chi connectivity index (χ2v) is 8.21. The monoisotopic (exact) mass is 397 g/mol. The molecule has 0 aromatic carbocycles. The lowest BCUT2D eigenvalue weighted by molar-refractivity contribution is 0.0287. The first-order valence-corrected chi connectivity index (χ1v) is 9.60. The van der Waals surface area contributed by atoms with E-state index in [1.54, 1.807) is 4.90 Å². The zero-order valence-electron chi connectivity index (χ0n) is 17.1. The maximum absolute atomic E-state index is 12.2. The molecule has 1 saturated heterocycles. The lowest BCUT2D eigenvalue weighted by Gasteiger charge is -2.24. The molecule has 0 radical (unpaired) electrons. The van der Waals surface area contributed by atoms with Crippen molar-refractivity contribution in [2.75, 3.05) is 20.2 Å². The number of carbonyl (C=O) groups excluding carboxylic acids is 1. The van der Waals surface area contributed by atoms with Crippen LogP contribution in [0.3, 0.4) is 0 Å². The molecule has 152 valence electrons. The third-order valence-corrected chi connectivity index (χ3v) is 4.43. The third-order valence-electron chi connectivity index (χ3n) is 4.34. The van der Waals surface area contributed by atoms with Crippen molar-refractivity contribution in [2.24, 2.45) is 10.9 Å². The molecule has 1 unspecified atom stereocenters. The van der Waals surface area contributed by atoms with E-state index in [0.717, 1.165) is 49.9 Å². The van der Waals surface area contributed by atoms with Crippen molar-refractivity contribution in [3.63, 3.8) is 0 Å². The molecule has 0 bridgehead atoms. The summed E-state index contributed by atoms with van der Waals surface area (Å²) in [5.41, 5.74) is 1.17. The number of ether oxygens (including phenoxy) is 2. The first-order chi connectivity index (χ1) is 12.6. The molecule has 1 N–H and O–H groups in total. The molecule has 1 rings (SSSR count). The maximum Gasteiger partial charge on any atom is 0.410 e. The number of likely N-dealkylation sites (tertiary alicyclic amines) is 1. The van der Waals surface area contributed by atoms with Gasteiger partial charge in [0, 0.05) is 24.9 Å². The van der Waals surface area contributed by atoms with Gasteiger partial charge < -0.3 is 19.8 Å². The van der Waals surface area contributed by atoms with Gasteiger partial charge in [0.2, 0.25) is 5.90 Å². The fourth-order valence-electron chi connectivity index (χ4n) is 3.03. The van der Waals surface area contributed by atoms with E-state index in [1.165, 1.54) is 13.3 Å².